The van der Waals surface area contributed by atoms with Gasteiger partial charge >= 0.3 is 6.03 Å². The van der Waals surface area contributed by atoms with Gasteiger partial charge in [0.25, 0.3) is 5.91 Å². The number of benzene rings is 1. The molecule has 2 saturated heterocycles. The first-order valence-corrected chi connectivity index (χ1v) is 9.31. The molecule has 0 saturated carbocycles. The fourth-order valence-corrected chi connectivity index (χ4v) is 3.67. The Balaban J connectivity index is 1.59. The van der Waals surface area contributed by atoms with E-state index in [0.717, 1.165) is 24.2 Å². The average Bonchev–Trinajstić information content (AvgIpc) is 2.74. The predicted molar refractivity (Wildman–Crippen MR) is 103 cm³/mol. The van der Waals surface area contributed by atoms with Gasteiger partial charge in [-0.05, 0) is 36.2 Å². The molecule has 0 aliphatic carbocycles. The summed E-state index contributed by atoms with van der Waals surface area (Å²) in [6.45, 7) is 3.45. The zero-order chi connectivity index (χ0) is 18.6. The maximum absolute atomic E-state index is 13.3. The Morgan fingerprint density at radius 2 is 2.07 bits per heavy atom. The lowest BCUT2D eigenvalue weighted by atomic mass is 10.0. The van der Waals surface area contributed by atoms with Crippen molar-refractivity contribution in [3.63, 3.8) is 0 Å². The molecule has 2 N–H and O–H groups in total. The van der Waals surface area contributed by atoms with Crippen molar-refractivity contribution in [3.8, 4) is 0 Å². The number of piperazine rings is 1. The van der Waals surface area contributed by atoms with Gasteiger partial charge in [-0.15, -0.1) is 0 Å². The van der Waals surface area contributed by atoms with Crippen LogP contribution in [0.25, 0.3) is 0 Å². The molecule has 140 valence electrons. The van der Waals surface area contributed by atoms with Crippen LogP contribution < -0.4 is 15.5 Å². The van der Waals surface area contributed by atoms with Crippen LogP contribution in [-0.4, -0.2) is 54.5 Å². The van der Waals surface area contributed by atoms with Gasteiger partial charge in [0.2, 0.25) is 0 Å². The normalized spacial score (nSPS) is 20.3. The summed E-state index contributed by atoms with van der Waals surface area (Å²) in [4.78, 5) is 33.2. The minimum absolute atomic E-state index is 0.0235. The maximum atomic E-state index is 13.3. The van der Waals surface area contributed by atoms with Crippen LogP contribution in [0.4, 0.5) is 10.5 Å². The Morgan fingerprint density at radius 1 is 1.15 bits per heavy atom. The Kier molecular flexibility index (Phi) is 5.02. The highest BCUT2D eigenvalue weighted by Crippen LogP contribution is 2.25. The molecule has 0 spiro atoms. The molecule has 1 aromatic heterocycles. The number of hydrogen-bond donors (Lipinski definition) is 2. The lowest BCUT2D eigenvalue weighted by molar-refractivity contribution is 0.0634. The number of nitrogens with zero attached hydrogens (tertiary/aromatic N) is 3. The monoisotopic (exact) mass is 365 g/mol. The van der Waals surface area contributed by atoms with E-state index in [9.17, 15) is 9.59 Å². The van der Waals surface area contributed by atoms with Crippen molar-refractivity contribution >= 4 is 17.6 Å². The van der Waals surface area contributed by atoms with Crippen LogP contribution in [0.1, 0.15) is 28.4 Å². The van der Waals surface area contributed by atoms with E-state index in [0.29, 0.717) is 31.7 Å². The van der Waals surface area contributed by atoms with E-state index in [1.807, 2.05) is 47.5 Å². The zero-order valence-corrected chi connectivity index (χ0v) is 15.1. The van der Waals surface area contributed by atoms with Gasteiger partial charge in [0.15, 0.2) is 0 Å². The fraction of sp³-hybridized carbons (Fsp3) is 0.350. The number of nitrogens with one attached hydrogen (secondary N) is 2. The molecule has 4 rings (SSSR count). The molecule has 2 aliphatic heterocycles. The van der Waals surface area contributed by atoms with Crippen LogP contribution in [0.5, 0.6) is 0 Å². The van der Waals surface area contributed by atoms with Crippen molar-refractivity contribution in [2.45, 2.75) is 12.5 Å². The number of carbonyl (C=O) groups is 2. The number of hydrogen-bond acceptors (Lipinski definition) is 4. The third-order valence-electron chi connectivity index (χ3n) is 5.06. The Bertz CT molecular complexity index is 826. The smallest absolute Gasteiger partial charge is 0.321 e. The molecule has 1 unspecified atom stereocenters. The molecule has 2 aromatic rings. The summed E-state index contributed by atoms with van der Waals surface area (Å²) >= 11 is 0. The molecule has 2 fully saturated rings. The maximum Gasteiger partial charge on any atom is 0.321 e. The summed E-state index contributed by atoms with van der Waals surface area (Å²) in [7, 11) is 0. The summed E-state index contributed by atoms with van der Waals surface area (Å²) < 4.78 is 0. The predicted octanol–water partition coefficient (Wildman–Crippen LogP) is 1.79. The van der Waals surface area contributed by atoms with Gasteiger partial charge in [-0.2, -0.15) is 0 Å². The highest BCUT2D eigenvalue weighted by atomic mass is 16.2. The van der Waals surface area contributed by atoms with Gasteiger partial charge in [0.05, 0.1) is 6.04 Å². The fourth-order valence-electron chi connectivity index (χ4n) is 3.67. The molecular formula is C20H23N5O2. The summed E-state index contributed by atoms with van der Waals surface area (Å²) in [5.41, 5.74) is 2.37. The summed E-state index contributed by atoms with van der Waals surface area (Å²) in [6.07, 6.45) is 4.44. The Labute approximate surface area is 158 Å². The first kappa shape index (κ1) is 17.5. The lowest BCUT2D eigenvalue weighted by Crippen LogP contribution is -2.49. The molecule has 3 amide bonds. The van der Waals surface area contributed by atoms with Gasteiger partial charge in [0, 0.05) is 56.4 Å². The number of aromatic nitrogens is 1. The summed E-state index contributed by atoms with van der Waals surface area (Å²) in [5, 5.41) is 6.20. The number of urea groups is 1. The third-order valence-corrected chi connectivity index (χ3v) is 5.06. The molecule has 0 radical (unpaired) electrons. The molecule has 1 atom stereocenters. The number of anilines is 1. The third kappa shape index (κ3) is 3.64. The van der Waals surface area contributed by atoms with E-state index in [1.54, 1.807) is 11.1 Å². The van der Waals surface area contributed by atoms with E-state index in [4.69, 9.17) is 0 Å². The molecule has 7 nitrogen and oxygen atoms in total. The second kappa shape index (κ2) is 7.75. The quantitative estimate of drug-likeness (QED) is 0.869. The van der Waals surface area contributed by atoms with Crippen molar-refractivity contribution in [1.29, 1.82) is 0 Å². The van der Waals surface area contributed by atoms with E-state index in [-0.39, 0.29) is 18.0 Å². The molecule has 3 heterocycles. The van der Waals surface area contributed by atoms with Crippen LogP contribution >= 0.6 is 0 Å². The van der Waals surface area contributed by atoms with Gasteiger partial charge < -0.3 is 15.5 Å². The SMILES string of the molecule is O=C1NCCCN1c1cccc(C(=O)N2CCNCC2c2cccnc2)c1. The number of rotatable bonds is 3. The van der Waals surface area contributed by atoms with Crippen LogP contribution in [0, 0.1) is 0 Å². The van der Waals surface area contributed by atoms with Crippen molar-refractivity contribution < 1.29 is 9.59 Å². The van der Waals surface area contributed by atoms with Crippen molar-refractivity contribution in [3.05, 3.63) is 59.9 Å². The first-order chi connectivity index (χ1) is 13.2. The largest absolute Gasteiger partial charge is 0.338 e. The number of pyridine rings is 1. The molecule has 7 heteroatoms. The highest BCUT2D eigenvalue weighted by molar-refractivity contribution is 5.98. The Hall–Kier alpha value is -2.93. The standard InChI is InChI=1S/C20H23N5O2/c26-19(25-11-9-22-14-18(25)16-5-2-7-21-13-16)15-4-1-6-17(12-15)24-10-3-8-23-20(24)27/h1-2,4-7,12-13,18,22H,3,8-11,14H2,(H,23,27). The average molecular weight is 365 g/mol. The van der Waals surface area contributed by atoms with Gasteiger partial charge in [-0.1, -0.05) is 12.1 Å². The molecule has 0 bridgehead atoms. The molecular weight excluding hydrogens is 342 g/mol. The Morgan fingerprint density at radius 3 is 2.89 bits per heavy atom. The van der Waals surface area contributed by atoms with E-state index in [2.05, 4.69) is 15.6 Å². The van der Waals surface area contributed by atoms with Crippen LogP contribution in [-0.2, 0) is 0 Å². The summed E-state index contributed by atoms with van der Waals surface area (Å²) in [5.74, 6) is -0.0235. The van der Waals surface area contributed by atoms with Gasteiger partial charge in [-0.25, -0.2) is 4.79 Å². The van der Waals surface area contributed by atoms with Crippen molar-refractivity contribution in [2.75, 3.05) is 37.6 Å². The minimum Gasteiger partial charge on any atom is -0.338 e. The molecule has 27 heavy (non-hydrogen) atoms. The second-order valence-electron chi connectivity index (χ2n) is 6.79. The van der Waals surface area contributed by atoms with Gasteiger partial charge in [-0.3, -0.25) is 14.7 Å². The van der Waals surface area contributed by atoms with Crippen LogP contribution in [0.2, 0.25) is 0 Å². The van der Waals surface area contributed by atoms with E-state index < -0.39 is 0 Å². The first-order valence-electron chi connectivity index (χ1n) is 9.31. The lowest BCUT2D eigenvalue weighted by Gasteiger charge is -2.36. The van der Waals surface area contributed by atoms with Crippen LogP contribution in [0.3, 0.4) is 0 Å². The minimum atomic E-state index is -0.110. The molecule has 2 aliphatic rings. The van der Waals surface area contributed by atoms with Crippen molar-refractivity contribution in [1.82, 2.24) is 20.5 Å². The second-order valence-corrected chi connectivity index (χ2v) is 6.79. The number of amides is 3. The summed E-state index contributed by atoms with van der Waals surface area (Å²) in [6, 6.07) is 11.1. The topological polar surface area (TPSA) is 77.6 Å². The van der Waals surface area contributed by atoms with E-state index >= 15 is 0 Å². The molecule has 1 aromatic carbocycles. The number of carbonyl (C=O) groups excluding carboxylic acids is 2. The zero-order valence-electron chi connectivity index (χ0n) is 15.1. The highest BCUT2D eigenvalue weighted by Gasteiger charge is 2.29. The van der Waals surface area contributed by atoms with Gasteiger partial charge in [0.1, 0.15) is 0 Å². The van der Waals surface area contributed by atoms with E-state index in [1.165, 1.54) is 0 Å². The van der Waals surface area contributed by atoms with Crippen LogP contribution in [0.15, 0.2) is 48.8 Å². The van der Waals surface area contributed by atoms with Crippen molar-refractivity contribution in [2.24, 2.45) is 0 Å².